The van der Waals surface area contributed by atoms with Crippen LogP contribution in [0.15, 0.2) is 48.8 Å². The fraction of sp³-hybridized carbons (Fsp3) is 0.400. The summed E-state index contributed by atoms with van der Waals surface area (Å²) in [6.45, 7) is 3.67. The molecule has 0 saturated carbocycles. The van der Waals surface area contributed by atoms with Gasteiger partial charge in [-0.25, -0.2) is 0 Å². The lowest BCUT2D eigenvalue weighted by atomic mass is 9.91. The number of hydrogen-bond acceptors (Lipinski definition) is 4. The molecule has 1 N–H and O–H groups in total. The number of fused-ring (bicyclic) bond motifs is 1. The van der Waals surface area contributed by atoms with E-state index in [0.29, 0.717) is 24.1 Å². The van der Waals surface area contributed by atoms with Crippen LogP contribution in [0.25, 0.3) is 0 Å². The summed E-state index contributed by atoms with van der Waals surface area (Å²) in [4.78, 5) is 21.1. The van der Waals surface area contributed by atoms with E-state index in [1.54, 1.807) is 18.3 Å². The van der Waals surface area contributed by atoms with E-state index in [-0.39, 0.29) is 5.91 Å². The van der Waals surface area contributed by atoms with Crippen LogP contribution in [0.5, 0.6) is 5.75 Å². The number of aromatic hydroxyl groups is 1. The van der Waals surface area contributed by atoms with Gasteiger partial charge < -0.3 is 10.0 Å². The van der Waals surface area contributed by atoms with Gasteiger partial charge in [-0.15, -0.1) is 0 Å². The summed E-state index contributed by atoms with van der Waals surface area (Å²) in [5.41, 5.74) is 2.32. The number of benzene rings is 1. The van der Waals surface area contributed by atoms with Crippen LogP contribution in [-0.4, -0.2) is 51.5 Å². The second-order valence-electron chi connectivity index (χ2n) is 7.08. The topological polar surface area (TPSA) is 56.7 Å². The maximum Gasteiger partial charge on any atom is 0.222 e. The lowest BCUT2D eigenvalue weighted by molar-refractivity contribution is -0.130. The Morgan fingerprint density at radius 2 is 1.96 bits per heavy atom. The Morgan fingerprint density at radius 3 is 2.72 bits per heavy atom. The van der Waals surface area contributed by atoms with Crippen molar-refractivity contribution < 1.29 is 9.90 Å². The molecule has 2 aliphatic heterocycles. The molecule has 0 aliphatic carbocycles. The molecule has 2 fully saturated rings. The van der Waals surface area contributed by atoms with Crippen molar-refractivity contribution >= 4 is 5.91 Å². The number of aryl methyl sites for hydroxylation is 1. The van der Waals surface area contributed by atoms with E-state index in [1.807, 2.05) is 35.4 Å². The molecular formula is C20H23N3O2. The number of amides is 1. The number of phenols is 1. The number of carbonyl (C=O) groups is 1. The van der Waals surface area contributed by atoms with Gasteiger partial charge in [-0.3, -0.25) is 14.7 Å². The van der Waals surface area contributed by atoms with E-state index >= 15 is 0 Å². The summed E-state index contributed by atoms with van der Waals surface area (Å²) in [6, 6.07) is 11.8. The zero-order valence-electron chi connectivity index (χ0n) is 14.2. The zero-order valence-corrected chi connectivity index (χ0v) is 14.2. The maximum absolute atomic E-state index is 12.5. The number of likely N-dealkylation sites (tertiary alicyclic amines) is 2. The van der Waals surface area contributed by atoms with Crippen molar-refractivity contribution in [2.24, 2.45) is 5.92 Å². The van der Waals surface area contributed by atoms with Crippen molar-refractivity contribution in [2.45, 2.75) is 25.4 Å². The van der Waals surface area contributed by atoms with Crippen LogP contribution < -0.4 is 0 Å². The number of hydrogen-bond donors (Lipinski definition) is 1. The van der Waals surface area contributed by atoms with Gasteiger partial charge in [-0.1, -0.05) is 18.2 Å². The third-order valence-electron chi connectivity index (χ3n) is 5.37. The second-order valence-corrected chi connectivity index (χ2v) is 7.08. The normalized spacial score (nSPS) is 22.5. The monoisotopic (exact) mass is 337 g/mol. The molecule has 1 aromatic carbocycles. The average Bonchev–Trinajstić information content (AvgIpc) is 2.97. The number of rotatable bonds is 5. The first-order valence-corrected chi connectivity index (χ1v) is 8.87. The molecule has 0 bridgehead atoms. The smallest absolute Gasteiger partial charge is 0.222 e. The van der Waals surface area contributed by atoms with Gasteiger partial charge >= 0.3 is 0 Å². The van der Waals surface area contributed by atoms with E-state index in [1.165, 1.54) is 5.56 Å². The van der Waals surface area contributed by atoms with Crippen LogP contribution in [0, 0.1) is 5.92 Å². The molecule has 5 nitrogen and oxygen atoms in total. The fourth-order valence-corrected chi connectivity index (χ4v) is 3.92. The predicted molar refractivity (Wildman–Crippen MR) is 94.9 cm³/mol. The molecule has 1 aromatic heterocycles. The Labute approximate surface area is 147 Å². The highest BCUT2D eigenvalue weighted by molar-refractivity contribution is 5.77. The second kappa shape index (κ2) is 6.84. The number of phenolic OH excluding ortho intramolecular Hbond substituents is 1. The van der Waals surface area contributed by atoms with Gasteiger partial charge in [0.05, 0.1) is 0 Å². The van der Waals surface area contributed by atoms with Crippen molar-refractivity contribution in [2.75, 3.05) is 19.6 Å². The summed E-state index contributed by atoms with van der Waals surface area (Å²) in [5.74, 6) is 1.17. The Morgan fingerprint density at radius 1 is 1.12 bits per heavy atom. The first-order chi connectivity index (χ1) is 12.2. The molecule has 130 valence electrons. The van der Waals surface area contributed by atoms with E-state index in [9.17, 15) is 9.90 Å². The van der Waals surface area contributed by atoms with Crippen molar-refractivity contribution in [3.05, 3.63) is 59.9 Å². The van der Waals surface area contributed by atoms with Gasteiger partial charge in [-0.2, -0.15) is 0 Å². The highest BCUT2D eigenvalue weighted by Gasteiger charge is 2.46. The molecule has 4 rings (SSSR count). The quantitative estimate of drug-likeness (QED) is 0.907. The molecular weight excluding hydrogens is 314 g/mol. The molecule has 0 radical (unpaired) electrons. The van der Waals surface area contributed by atoms with E-state index in [2.05, 4.69) is 9.88 Å². The van der Waals surface area contributed by atoms with E-state index in [0.717, 1.165) is 38.2 Å². The molecule has 2 saturated heterocycles. The summed E-state index contributed by atoms with van der Waals surface area (Å²) in [6.07, 6.45) is 4.91. The maximum atomic E-state index is 12.5. The van der Waals surface area contributed by atoms with Crippen molar-refractivity contribution in [3.63, 3.8) is 0 Å². The Balaban J connectivity index is 1.28. The third kappa shape index (κ3) is 3.51. The van der Waals surface area contributed by atoms with E-state index in [4.69, 9.17) is 0 Å². The first kappa shape index (κ1) is 16.1. The molecule has 1 amide bonds. The van der Waals surface area contributed by atoms with Gasteiger partial charge in [0.1, 0.15) is 5.75 Å². The van der Waals surface area contributed by atoms with Crippen LogP contribution in [0.2, 0.25) is 0 Å². The molecule has 25 heavy (non-hydrogen) atoms. The highest BCUT2D eigenvalue weighted by Crippen LogP contribution is 2.34. The highest BCUT2D eigenvalue weighted by atomic mass is 16.3. The summed E-state index contributed by atoms with van der Waals surface area (Å²) >= 11 is 0. The zero-order chi connectivity index (χ0) is 17.2. The minimum Gasteiger partial charge on any atom is -0.508 e. The van der Waals surface area contributed by atoms with Gasteiger partial charge in [0.2, 0.25) is 5.91 Å². The Hall–Kier alpha value is -2.40. The minimum atomic E-state index is 0.253. The number of aromatic nitrogens is 1. The van der Waals surface area contributed by atoms with Crippen molar-refractivity contribution in [3.8, 4) is 5.75 Å². The Kier molecular flexibility index (Phi) is 4.40. The van der Waals surface area contributed by atoms with Gasteiger partial charge in [0, 0.05) is 57.0 Å². The first-order valence-electron chi connectivity index (χ1n) is 8.87. The lowest BCUT2D eigenvalue weighted by Gasteiger charge is -2.43. The summed E-state index contributed by atoms with van der Waals surface area (Å²) in [7, 11) is 0. The van der Waals surface area contributed by atoms with Gasteiger partial charge in [0.15, 0.2) is 0 Å². The summed E-state index contributed by atoms with van der Waals surface area (Å²) < 4.78 is 0. The molecule has 2 aromatic rings. The van der Waals surface area contributed by atoms with E-state index < -0.39 is 0 Å². The van der Waals surface area contributed by atoms with Crippen LogP contribution in [-0.2, 0) is 17.8 Å². The standard InChI is InChI=1S/C20H23N3O2/c24-18-6-3-16(4-7-18)11-22-12-17-13-23(14-19(17)22)20(25)8-5-15-2-1-9-21-10-15/h1-4,6-7,9-10,17,19,24H,5,8,11-14H2. The number of pyridine rings is 1. The SMILES string of the molecule is O=C(CCc1cccnc1)N1CC2CN(Cc3ccc(O)cc3)C2C1. The molecule has 5 heteroatoms. The van der Waals surface area contributed by atoms with Crippen molar-refractivity contribution in [1.29, 1.82) is 0 Å². The van der Waals surface area contributed by atoms with Crippen LogP contribution >= 0.6 is 0 Å². The molecule has 3 heterocycles. The van der Waals surface area contributed by atoms with Crippen molar-refractivity contribution in [1.82, 2.24) is 14.8 Å². The average molecular weight is 337 g/mol. The van der Waals surface area contributed by atoms with Crippen LogP contribution in [0.3, 0.4) is 0 Å². The van der Waals surface area contributed by atoms with Crippen LogP contribution in [0.1, 0.15) is 17.5 Å². The molecule has 2 aliphatic rings. The minimum absolute atomic E-state index is 0.253. The number of carbonyl (C=O) groups excluding carboxylic acids is 1. The molecule has 2 unspecified atom stereocenters. The van der Waals surface area contributed by atoms with Gasteiger partial charge in [-0.05, 0) is 35.7 Å². The number of nitrogens with zero attached hydrogens (tertiary/aromatic N) is 3. The fourth-order valence-electron chi connectivity index (χ4n) is 3.92. The third-order valence-corrected chi connectivity index (χ3v) is 5.37. The van der Waals surface area contributed by atoms with Gasteiger partial charge in [0.25, 0.3) is 0 Å². The molecule has 2 atom stereocenters. The summed E-state index contributed by atoms with van der Waals surface area (Å²) in [5, 5.41) is 9.38. The predicted octanol–water partition coefficient (Wildman–Crippen LogP) is 2.06. The lowest BCUT2D eigenvalue weighted by Crippen LogP contribution is -2.54. The Bertz CT molecular complexity index is 732. The molecule has 0 spiro atoms. The largest absolute Gasteiger partial charge is 0.508 e. The van der Waals surface area contributed by atoms with Crippen LogP contribution in [0.4, 0.5) is 0 Å².